The van der Waals surface area contributed by atoms with Crippen LogP contribution in [0.15, 0.2) is 34.0 Å². The van der Waals surface area contributed by atoms with Crippen molar-refractivity contribution in [2.75, 3.05) is 0 Å². The molecule has 0 amide bonds. The fourth-order valence-corrected chi connectivity index (χ4v) is 1.71. The SMILES string of the molecule is [2H]c1cc(S(N)(=O)=O)ccc1S(N)(=O)=O. The van der Waals surface area contributed by atoms with Gasteiger partial charge in [-0.1, -0.05) is 0 Å². The first-order valence-corrected chi connectivity index (χ1v) is 6.38. The van der Waals surface area contributed by atoms with Gasteiger partial charge in [-0.2, -0.15) is 0 Å². The summed E-state index contributed by atoms with van der Waals surface area (Å²) in [6.45, 7) is 0. The van der Waals surface area contributed by atoms with Crippen LogP contribution < -0.4 is 10.3 Å². The van der Waals surface area contributed by atoms with E-state index in [0.717, 1.165) is 18.2 Å². The molecule has 0 saturated heterocycles. The van der Waals surface area contributed by atoms with E-state index < -0.39 is 31.0 Å². The predicted molar refractivity (Wildman–Crippen MR) is 49.2 cm³/mol. The smallest absolute Gasteiger partial charge is 0.225 e. The fourth-order valence-electron chi connectivity index (χ4n) is 0.750. The lowest BCUT2D eigenvalue weighted by molar-refractivity contribution is 0.594. The Balaban J connectivity index is 3.47. The Morgan fingerprint density at radius 2 is 1.36 bits per heavy atom. The highest BCUT2D eigenvalue weighted by molar-refractivity contribution is 7.89. The van der Waals surface area contributed by atoms with Crippen molar-refractivity contribution in [1.82, 2.24) is 0 Å². The first-order chi connectivity index (χ1) is 6.62. The monoisotopic (exact) mass is 237 g/mol. The first kappa shape index (κ1) is 9.59. The van der Waals surface area contributed by atoms with Gasteiger partial charge in [0.2, 0.25) is 20.0 Å². The van der Waals surface area contributed by atoms with E-state index in [9.17, 15) is 16.8 Å². The predicted octanol–water partition coefficient (Wildman–Crippen LogP) is -1.02. The third-order valence-corrected chi connectivity index (χ3v) is 3.17. The molecule has 0 aliphatic carbocycles. The molecule has 0 bridgehead atoms. The zero-order valence-electron chi connectivity index (χ0n) is 7.84. The largest absolute Gasteiger partial charge is 0.238 e. The molecule has 0 spiro atoms. The van der Waals surface area contributed by atoms with Crippen LogP contribution in [0.5, 0.6) is 0 Å². The van der Waals surface area contributed by atoms with Crippen molar-refractivity contribution in [1.29, 1.82) is 0 Å². The topological polar surface area (TPSA) is 120 Å². The Hall–Kier alpha value is -0.960. The van der Waals surface area contributed by atoms with E-state index in [2.05, 4.69) is 0 Å². The van der Waals surface area contributed by atoms with Crippen LogP contribution >= 0.6 is 0 Å². The fraction of sp³-hybridized carbons (Fsp3) is 0. The van der Waals surface area contributed by atoms with Crippen LogP contribution in [0.1, 0.15) is 1.37 Å². The van der Waals surface area contributed by atoms with Crippen molar-refractivity contribution in [2.45, 2.75) is 9.79 Å². The van der Waals surface area contributed by atoms with Gasteiger partial charge in [0.1, 0.15) is 0 Å². The number of sulfonamides is 2. The molecule has 4 N–H and O–H groups in total. The summed E-state index contributed by atoms with van der Waals surface area (Å²) in [7, 11) is -7.96. The Kier molecular flexibility index (Phi) is 2.27. The molecule has 0 radical (unpaired) electrons. The molecule has 6 nitrogen and oxygen atoms in total. The molecule has 0 unspecified atom stereocenters. The quantitative estimate of drug-likeness (QED) is 0.683. The second kappa shape index (κ2) is 3.31. The molecule has 0 aliphatic heterocycles. The molecule has 78 valence electrons. The number of hydrogen-bond donors (Lipinski definition) is 2. The van der Waals surface area contributed by atoms with Gasteiger partial charge in [-0.25, -0.2) is 27.1 Å². The van der Waals surface area contributed by atoms with Gasteiger partial charge in [-0.3, -0.25) is 0 Å². The van der Waals surface area contributed by atoms with Crippen LogP contribution in [-0.2, 0) is 20.0 Å². The second-order valence-electron chi connectivity index (χ2n) is 2.48. The van der Waals surface area contributed by atoms with Crippen molar-refractivity contribution in [3.05, 3.63) is 24.2 Å². The van der Waals surface area contributed by atoms with E-state index in [1.165, 1.54) is 0 Å². The third kappa shape index (κ3) is 2.51. The van der Waals surface area contributed by atoms with Crippen molar-refractivity contribution in [2.24, 2.45) is 10.3 Å². The molecule has 0 aliphatic rings. The summed E-state index contributed by atoms with van der Waals surface area (Å²) in [6.07, 6.45) is 0. The molecular weight excluding hydrogens is 228 g/mol. The Morgan fingerprint density at radius 1 is 0.929 bits per heavy atom. The molecule has 0 atom stereocenters. The van der Waals surface area contributed by atoms with Gasteiger partial charge < -0.3 is 0 Å². The molecule has 0 aromatic heterocycles. The summed E-state index contributed by atoms with van der Waals surface area (Å²) in [5.74, 6) is 0. The molecule has 1 aromatic rings. The maximum absolute atomic E-state index is 10.9. The second-order valence-corrected chi connectivity index (χ2v) is 5.57. The van der Waals surface area contributed by atoms with Gasteiger partial charge in [0.05, 0.1) is 11.2 Å². The Bertz CT molecular complexity index is 594. The number of nitrogens with two attached hydrogens (primary N) is 2. The van der Waals surface area contributed by atoms with Crippen molar-refractivity contribution < 1.29 is 18.2 Å². The lowest BCUT2D eigenvalue weighted by atomic mass is 10.4. The van der Waals surface area contributed by atoms with E-state index in [4.69, 9.17) is 11.6 Å². The summed E-state index contributed by atoms with van der Waals surface area (Å²) < 4.78 is 50.8. The maximum Gasteiger partial charge on any atom is 0.238 e. The highest BCUT2D eigenvalue weighted by Crippen LogP contribution is 2.11. The number of benzene rings is 1. The van der Waals surface area contributed by atoms with Gasteiger partial charge in [0, 0.05) is 0 Å². The summed E-state index contributed by atoms with van der Waals surface area (Å²) in [4.78, 5) is -0.783. The van der Waals surface area contributed by atoms with Crippen LogP contribution in [-0.4, -0.2) is 16.8 Å². The molecule has 1 rings (SSSR count). The lowest BCUT2D eigenvalue weighted by Crippen LogP contribution is -2.14. The van der Waals surface area contributed by atoms with Crippen LogP contribution in [0, 0.1) is 0 Å². The molecule has 14 heavy (non-hydrogen) atoms. The zero-order chi connectivity index (χ0) is 11.9. The van der Waals surface area contributed by atoms with E-state index in [0.29, 0.717) is 0 Å². The van der Waals surface area contributed by atoms with E-state index in [1.54, 1.807) is 0 Å². The minimum absolute atomic E-state index is 0.333. The normalized spacial score (nSPS) is 13.7. The minimum Gasteiger partial charge on any atom is -0.225 e. The van der Waals surface area contributed by atoms with Crippen molar-refractivity contribution in [3.63, 3.8) is 0 Å². The van der Waals surface area contributed by atoms with E-state index in [1.807, 2.05) is 0 Å². The summed E-state index contributed by atoms with van der Waals surface area (Å²) in [5.41, 5.74) is 0. The van der Waals surface area contributed by atoms with Crippen molar-refractivity contribution in [3.8, 4) is 0 Å². The van der Waals surface area contributed by atoms with Crippen LogP contribution in [0.2, 0.25) is 0 Å². The number of hydrogen-bond acceptors (Lipinski definition) is 4. The summed E-state index contributed by atoms with van der Waals surface area (Å²) in [6, 6.07) is 2.23. The van der Waals surface area contributed by atoms with Gasteiger partial charge in [0.15, 0.2) is 0 Å². The summed E-state index contributed by atoms with van der Waals surface area (Å²) in [5, 5.41) is 9.58. The average Bonchev–Trinajstić information content (AvgIpc) is 1.99. The van der Waals surface area contributed by atoms with E-state index in [-0.39, 0.29) is 4.90 Å². The number of rotatable bonds is 2. The first-order valence-electron chi connectivity index (χ1n) is 3.78. The standard InChI is InChI=1S/C6H8N2O4S2/c7-13(9,10)5-1-2-6(4-3-5)14(8,11)12/h1-4H,(H2,7,9,10)(H2,8,11,12)/i1D. The Labute approximate surface area is 83.0 Å². The average molecular weight is 237 g/mol. The number of primary sulfonamides is 2. The maximum atomic E-state index is 10.9. The molecule has 1 aromatic carbocycles. The van der Waals surface area contributed by atoms with Gasteiger partial charge in [0.25, 0.3) is 0 Å². The molecular formula is C6H8N2O4S2. The van der Waals surface area contributed by atoms with Gasteiger partial charge in [-0.15, -0.1) is 0 Å². The molecule has 0 fully saturated rings. The molecule has 0 saturated carbocycles. The van der Waals surface area contributed by atoms with Crippen LogP contribution in [0.4, 0.5) is 0 Å². The van der Waals surface area contributed by atoms with Gasteiger partial charge in [-0.05, 0) is 24.2 Å². The highest BCUT2D eigenvalue weighted by Gasteiger charge is 2.11. The van der Waals surface area contributed by atoms with Gasteiger partial charge >= 0.3 is 0 Å². The zero-order valence-corrected chi connectivity index (χ0v) is 8.47. The summed E-state index contributed by atoms with van der Waals surface area (Å²) >= 11 is 0. The van der Waals surface area contributed by atoms with Crippen LogP contribution in [0.25, 0.3) is 0 Å². The third-order valence-electron chi connectivity index (χ3n) is 1.39. The molecule has 8 heteroatoms. The van der Waals surface area contributed by atoms with Crippen LogP contribution in [0.3, 0.4) is 0 Å². The Morgan fingerprint density at radius 3 is 1.71 bits per heavy atom. The van der Waals surface area contributed by atoms with Crippen molar-refractivity contribution >= 4 is 20.0 Å². The highest BCUT2D eigenvalue weighted by atomic mass is 32.2. The minimum atomic E-state index is -4.02. The van der Waals surface area contributed by atoms with E-state index >= 15 is 0 Å². The molecule has 0 heterocycles. The lowest BCUT2D eigenvalue weighted by Gasteiger charge is -1.99.